The third-order valence-electron chi connectivity index (χ3n) is 3.24. The topological polar surface area (TPSA) is 105 Å². The van der Waals surface area contributed by atoms with Gasteiger partial charge < -0.3 is 18.9 Å². The van der Waals surface area contributed by atoms with E-state index in [0.29, 0.717) is 0 Å². The summed E-state index contributed by atoms with van der Waals surface area (Å²) in [6.45, 7) is 3.25. The van der Waals surface area contributed by atoms with Crippen LogP contribution in [0.5, 0.6) is 0 Å². The first-order valence-electron chi connectivity index (χ1n) is 8.94. The summed E-state index contributed by atoms with van der Waals surface area (Å²) in [4.78, 5) is 48.8. The summed E-state index contributed by atoms with van der Waals surface area (Å²) >= 11 is 15.9. The highest BCUT2D eigenvalue weighted by Crippen LogP contribution is 2.31. The molecule has 0 spiro atoms. The number of ether oxygens (including phenoxy) is 4. The summed E-state index contributed by atoms with van der Waals surface area (Å²) in [7, 11) is 0. The first kappa shape index (κ1) is 28.3. The normalized spacial score (nSPS) is 12.2. The fourth-order valence-corrected chi connectivity index (χ4v) is 2.78. The Morgan fingerprint density at radius 1 is 0.655 bits per heavy atom. The quantitative estimate of drug-likeness (QED) is 0.167. The van der Waals surface area contributed by atoms with Crippen LogP contribution in [-0.2, 0) is 38.1 Å². The molecule has 0 aliphatic carbocycles. The molecule has 0 amide bonds. The van der Waals surface area contributed by atoms with Crippen LogP contribution in [0, 0.1) is 5.92 Å². The van der Waals surface area contributed by atoms with Gasteiger partial charge in [-0.25, -0.2) is 0 Å². The Morgan fingerprint density at radius 3 is 1.24 bits per heavy atom. The van der Waals surface area contributed by atoms with Crippen molar-refractivity contribution in [1.29, 1.82) is 0 Å². The van der Waals surface area contributed by atoms with Crippen LogP contribution in [0.25, 0.3) is 0 Å². The zero-order valence-electron chi connectivity index (χ0n) is 16.4. The highest BCUT2D eigenvalue weighted by Gasteiger charge is 2.55. The smallest absolute Gasteiger partial charge is 0.449 e. The predicted octanol–water partition coefficient (Wildman–Crippen LogP) is 2.12. The largest absolute Gasteiger partial charge is 0.463 e. The highest BCUT2D eigenvalue weighted by molar-refractivity contribution is 7.80. The van der Waals surface area contributed by atoms with E-state index in [-0.39, 0.29) is 48.7 Å². The molecule has 0 bridgehead atoms. The maximum absolute atomic E-state index is 12.2. The van der Waals surface area contributed by atoms with Gasteiger partial charge in [0.05, 0.1) is 25.7 Å². The van der Waals surface area contributed by atoms with Gasteiger partial charge in [0.25, 0.3) is 0 Å². The monoisotopic (exact) mass is 488 g/mol. The summed E-state index contributed by atoms with van der Waals surface area (Å²) < 4.78 is 21.3. The van der Waals surface area contributed by atoms with Crippen molar-refractivity contribution in [3.05, 3.63) is 0 Å². The first-order valence-corrected chi connectivity index (χ1v) is 11.5. The Labute approximate surface area is 192 Å². The zero-order chi connectivity index (χ0) is 22.4. The predicted molar refractivity (Wildman–Crippen MR) is 120 cm³/mol. The second-order valence-electron chi connectivity index (χ2n) is 6.07. The third-order valence-corrected chi connectivity index (χ3v) is 4.14. The summed E-state index contributed by atoms with van der Waals surface area (Å²) in [5.74, 6) is -5.79. The van der Waals surface area contributed by atoms with Gasteiger partial charge in [-0.1, -0.05) is 13.8 Å². The Morgan fingerprint density at radius 2 is 0.966 bits per heavy atom. The summed E-state index contributed by atoms with van der Waals surface area (Å²) in [6.07, 6.45) is -1.94. The fraction of sp³-hybridized carbons (Fsp3) is 0.765. The number of carbonyl (C=O) groups is 4. The molecular formula is C17H28O8S4. The van der Waals surface area contributed by atoms with Gasteiger partial charge in [-0.05, 0) is 0 Å². The van der Waals surface area contributed by atoms with Crippen LogP contribution in [0.4, 0.5) is 0 Å². The molecule has 0 N–H and O–H groups in total. The Hall–Kier alpha value is -0.720. The lowest BCUT2D eigenvalue weighted by molar-refractivity contribution is -0.369. The molecule has 8 nitrogen and oxygen atoms in total. The lowest BCUT2D eigenvalue weighted by atomic mass is 10.0. The lowest BCUT2D eigenvalue weighted by Gasteiger charge is -2.38. The van der Waals surface area contributed by atoms with Gasteiger partial charge in [-0.2, -0.15) is 50.5 Å². The van der Waals surface area contributed by atoms with Crippen molar-refractivity contribution >= 4 is 74.4 Å². The molecule has 0 radical (unpaired) electrons. The number of hydrogen-bond donors (Lipinski definition) is 4. The molecule has 1 unspecified atom stereocenters. The summed E-state index contributed by atoms with van der Waals surface area (Å²) in [6, 6.07) is 0. The molecule has 0 aromatic carbocycles. The van der Waals surface area contributed by atoms with Gasteiger partial charge in [-0.15, -0.1) is 0 Å². The molecule has 0 aromatic rings. The minimum Gasteiger partial charge on any atom is -0.449 e. The van der Waals surface area contributed by atoms with Crippen LogP contribution >= 0.6 is 50.5 Å². The molecule has 0 fully saturated rings. The van der Waals surface area contributed by atoms with E-state index in [4.69, 9.17) is 18.9 Å². The molecule has 0 saturated carbocycles. The standard InChI is InChI=1S/C17H28O8S4/c1-11(2)16(22-12(18)3-7-26)17(23-13(19)4-8-27,24-14(20)5-9-28)25-15(21)6-10-29/h11,16,26-29H,3-10H2,1-2H3. The van der Waals surface area contributed by atoms with Gasteiger partial charge in [0.1, 0.15) is 0 Å². The molecule has 168 valence electrons. The van der Waals surface area contributed by atoms with Gasteiger partial charge >= 0.3 is 29.9 Å². The van der Waals surface area contributed by atoms with Gasteiger partial charge in [0.15, 0.2) is 0 Å². The Balaban J connectivity index is 6.19. The van der Waals surface area contributed by atoms with Crippen molar-refractivity contribution in [1.82, 2.24) is 0 Å². The Bertz CT molecular complexity index is 505. The molecule has 1 atom stereocenters. The van der Waals surface area contributed by atoms with E-state index in [1.165, 1.54) is 0 Å². The molecular weight excluding hydrogens is 460 g/mol. The van der Waals surface area contributed by atoms with Crippen molar-refractivity contribution < 1.29 is 38.1 Å². The Kier molecular flexibility index (Phi) is 14.8. The number of carbonyl (C=O) groups excluding carboxylic acids is 4. The van der Waals surface area contributed by atoms with Crippen molar-refractivity contribution in [3.63, 3.8) is 0 Å². The van der Waals surface area contributed by atoms with Crippen LogP contribution in [0.15, 0.2) is 0 Å². The molecule has 0 aliphatic rings. The average molecular weight is 489 g/mol. The van der Waals surface area contributed by atoms with E-state index >= 15 is 0 Å². The molecule has 0 heterocycles. The number of rotatable bonds is 14. The first-order chi connectivity index (χ1) is 13.6. The summed E-state index contributed by atoms with van der Waals surface area (Å²) in [5, 5.41) is 0. The zero-order valence-corrected chi connectivity index (χ0v) is 19.9. The maximum atomic E-state index is 12.2. The van der Waals surface area contributed by atoms with Crippen LogP contribution in [0.1, 0.15) is 39.5 Å². The van der Waals surface area contributed by atoms with Gasteiger partial charge in [-0.3, -0.25) is 19.2 Å². The highest BCUT2D eigenvalue weighted by atomic mass is 32.1. The number of hydrogen-bond acceptors (Lipinski definition) is 12. The van der Waals surface area contributed by atoms with E-state index in [1.807, 2.05) is 0 Å². The maximum Gasteiger partial charge on any atom is 0.463 e. The lowest BCUT2D eigenvalue weighted by Crippen LogP contribution is -2.57. The SMILES string of the molecule is CC(C)C(OC(=O)CCS)C(OC(=O)CCS)(OC(=O)CCS)OC(=O)CCS. The van der Waals surface area contributed by atoms with Gasteiger partial charge in [0, 0.05) is 28.9 Å². The minimum atomic E-state index is -2.58. The van der Waals surface area contributed by atoms with Crippen molar-refractivity contribution in [2.45, 2.75) is 51.6 Å². The molecule has 12 heteroatoms. The fourth-order valence-electron chi connectivity index (χ4n) is 2.05. The second-order valence-corrected chi connectivity index (χ2v) is 7.86. The van der Waals surface area contributed by atoms with Crippen molar-refractivity contribution in [2.75, 3.05) is 23.0 Å². The average Bonchev–Trinajstić information content (AvgIpc) is 2.59. The van der Waals surface area contributed by atoms with E-state index in [1.54, 1.807) is 13.8 Å². The molecule has 0 aliphatic heterocycles. The third kappa shape index (κ3) is 10.7. The van der Waals surface area contributed by atoms with Crippen LogP contribution in [-0.4, -0.2) is 59.0 Å². The second kappa shape index (κ2) is 15.1. The van der Waals surface area contributed by atoms with Crippen LogP contribution < -0.4 is 0 Å². The van der Waals surface area contributed by atoms with Crippen molar-refractivity contribution in [2.24, 2.45) is 5.92 Å². The van der Waals surface area contributed by atoms with E-state index in [9.17, 15) is 19.2 Å². The summed E-state index contributed by atoms with van der Waals surface area (Å²) in [5.41, 5.74) is 0. The minimum absolute atomic E-state index is 0.0534. The van der Waals surface area contributed by atoms with E-state index in [0.717, 1.165) is 0 Å². The molecule has 0 saturated heterocycles. The molecule has 0 rings (SSSR count). The van der Waals surface area contributed by atoms with Crippen LogP contribution in [0.2, 0.25) is 0 Å². The molecule has 29 heavy (non-hydrogen) atoms. The molecule has 0 aromatic heterocycles. The van der Waals surface area contributed by atoms with Crippen molar-refractivity contribution in [3.8, 4) is 0 Å². The number of esters is 4. The van der Waals surface area contributed by atoms with Crippen LogP contribution in [0.3, 0.4) is 0 Å². The number of thiol groups is 4. The van der Waals surface area contributed by atoms with E-state index in [2.05, 4.69) is 50.5 Å². The van der Waals surface area contributed by atoms with E-state index < -0.39 is 41.9 Å². The van der Waals surface area contributed by atoms with Gasteiger partial charge in [0.2, 0.25) is 6.10 Å².